The van der Waals surface area contributed by atoms with Crippen LogP contribution in [0.1, 0.15) is 17.0 Å². The van der Waals surface area contributed by atoms with Crippen LogP contribution < -0.4 is 10.1 Å². The fourth-order valence-corrected chi connectivity index (χ4v) is 3.83. The Hall–Kier alpha value is -2.12. The number of benzene rings is 2. The van der Waals surface area contributed by atoms with Crippen molar-refractivity contribution in [3.05, 3.63) is 68.4 Å². The van der Waals surface area contributed by atoms with Gasteiger partial charge in [-0.1, -0.05) is 33.6 Å². The predicted octanol–water partition coefficient (Wildman–Crippen LogP) is 5.34. The van der Waals surface area contributed by atoms with Gasteiger partial charge in [0.05, 0.1) is 27.2 Å². The summed E-state index contributed by atoms with van der Waals surface area (Å²) >= 11 is 6.81. The molecular weight excluding hydrogens is 474 g/mol. The molecule has 3 aromatic rings. The molecule has 0 spiro atoms. The second-order valence-corrected chi connectivity index (χ2v) is 7.97. The van der Waals surface area contributed by atoms with Gasteiger partial charge < -0.3 is 10.1 Å². The quantitative estimate of drug-likeness (QED) is 0.523. The largest absolute Gasteiger partial charge is 0.483 e. The number of carbonyl (C=O) groups excluding carboxylic acids is 1. The van der Waals surface area contributed by atoms with Crippen LogP contribution in [0, 0.1) is 20.8 Å². The highest BCUT2D eigenvalue weighted by atomic mass is 79.9. The van der Waals surface area contributed by atoms with Gasteiger partial charge in [0, 0.05) is 4.47 Å². The van der Waals surface area contributed by atoms with Crippen LogP contribution in [0.2, 0.25) is 0 Å². The Morgan fingerprint density at radius 3 is 2.48 bits per heavy atom. The van der Waals surface area contributed by atoms with E-state index in [-0.39, 0.29) is 12.5 Å². The SMILES string of the molecule is Cc1ccc(-n2nc(C)c(NC(=O)COc3ccc(Br)cc3Br)c2C)cc1. The van der Waals surface area contributed by atoms with Gasteiger partial charge in [-0.2, -0.15) is 5.10 Å². The van der Waals surface area contributed by atoms with E-state index in [1.807, 2.05) is 61.9 Å². The second-order valence-electron chi connectivity index (χ2n) is 6.20. The lowest BCUT2D eigenvalue weighted by atomic mass is 10.2. The van der Waals surface area contributed by atoms with Gasteiger partial charge in [0.2, 0.25) is 0 Å². The van der Waals surface area contributed by atoms with E-state index in [4.69, 9.17) is 4.74 Å². The molecule has 1 N–H and O–H groups in total. The van der Waals surface area contributed by atoms with Crippen molar-refractivity contribution in [1.82, 2.24) is 9.78 Å². The molecule has 0 aliphatic rings. The first-order chi connectivity index (χ1) is 12.8. The smallest absolute Gasteiger partial charge is 0.262 e. The Morgan fingerprint density at radius 1 is 1.11 bits per heavy atom. The van der Waals surface area contributed by atoms with E-state index >= 15 is 0 Å². The molecule has 7 heteroatoms. The maximum atomic E-state index is 12.4. The minimum Gasteiger partial charge on any atom is -0.483 e. The number of hydrogen-bond donors (Lipinski definition) is 1. The zero-order chi connectivity index (χ0) is 19.6. The third kappa shape index (κ3) is 4.59. The first kappa shape index (κ1) is 19.6. The standard InChI is InChI=1S/C20H19Br2N3O2/c1-12-4-7-16(8-5-12)25-14(3)20(13(2)24-25)23-19(26)11-27-18-9-6-15(21)10-17(18)22/h4-10H,11H2,1-3H3,(H,23,26). The molecule has 0 saturated carbocycles. The molecule has 0 atom stereocenters. The lowest BCUT2D eigenvalue weighted by molar-refractivity contribution is -0.118. The molecule has 2 aromatic carbocycles. The van der Waals surface area contributed by atoms with Gasteiger partial charge in [-0.05, 0) is 67.0 Å². The van der Waals surface area contributed by atoms with Crippen LogP contribution in [-0.2, 0) is 4.79 Å². The van der Waals surface area contributed by atoms with E-state index in [1.165, 1.54) is 5.56 Å². The Morgan fingerprint density at radius 2 is 1.81 bits per heavy atom. The number of carbonyl (C=O) groups is 1. The van der Waals surface area contributed by atoms with Gasteiger partial charge in [-0.15, -0.1) is 0 Å². The van der Waals surface area contributed by atoms with Crippen molar-refractivity contribution in [3.8, 4) is 11.4 Å². The minimum atomic E-state index is -0.237. The fraction of sp³-hybridized carbons (Fsp3) is 0.200. The van der Waals surface area contributed by atoms with Crippen molar-refractivity contribution in [3.63, 3.8) is 0 Å². The predicted molar refractivity (Wildman–Crippen MR) is 114 cm³/mol. The van der Waals surface area contributed by atoms with E-state index in [0.717, 1.165) is 26.0 Å². The van der Waals surface area contributed by atoms with E-state index < -0.39 is 0 Å². The number of nitrogens with one attached hydrogen (secondary N) is 1. The van der Waals surface area contributed by atoms with Crippen molar-refractivity contribution in [2.75, 3.05) is 11.9 Å². The third-order valence-corrected chi connectivity index (χ3v) is 5.20. The summed E-state index contributed by atoms with van der Waals surface area (Å²) in [7, 11) is 0. The van der Waals surface area contributed by atoms with Gasteiger partial charge in [-0.25, -0.2) is 4.68 Å². The lowest BCUT2D eigenvalue weighted by Gasteiger charge is -2.10. The number of amides is 1. The number of anilines is 1. The molecule has 0 aliphatic carbocycles. The van der Waals surface area contributed by atoms with Gasteiger partial charge in [0.1, 0.15) is 5.75 Å². The molecule has 1 amide bonds. The average Bonchev–Trinajstić information content (AvgIpc) is 2.90. The molecular formula is C20H19Br2N3O2. The summed E-state index contributed by atoms with van der Waals surface area (Å²) in [6, 6.07) is 13.6. The first-order valence-corrected chi connectivity index (χ1v) is 9.94. The molecule has 1 aromatic heterocycles. The Kier molecular flexibility index (Phi) is 6.01. The van der Waals surface area contributed by atoms with Gasteiger partial charge in [0.15, 0.2) is 6.61 Å². The molecule has 0 bridgehead atoms. The number of hydrogen-bond acceptors (Lipinski definition) is 3. The van der Waals surface area contributed by atoms with Crippen molar-refractivity contribution in [2.45, 2.75) is 20.8 Å². The first-order valence-electron chi connectivity index (χ1n) is 8.36. The average molecular weight is 493 g/mol. The van der Waals surface area contributed by atoms with Crippen molar-refractivity contribution in [1.29, 1.82) is 0 Å². The molecule has 140 valence electrons. The minimum absolute atomic E-state index is 0.0885. The third-order valence-electron chi connectivity index (χ3n) is 4.09. The molecule has 0 aliphatic heterocycles. The Balaban J connectivity index is 1.71. The summed E-state index contributed by atoms with van der Waals surface area (Å²) in [4.78, 5) is 12.4. The second kappa shape index (κ2) is 8.27. The Labute approximate surface area is 175 Å². The van der Waals surface area contributed by atoms with Crippen LogP contribution in [0.25, 0.3) is 5.69 Å². The normalized spacial score (nSPS) is 10.7. The summed E-state index contributed by atoms with van der Waals surface area (Å²) in [6.07, 6.45) is 0. The van der Waals surface area contributed by atoms with E-state index in [9.17, 15) is 4.79 Å². The van der Waals surface area contributed by atoms with Crippen LogP contribution in [0.15, 0.2) is 51.4 Å². The summed E-state index contributed by atoms with van der Waals surface area (Å²) < 4.78 is 9.15. The molecule has 0 fully saturated rings. The highest BCUT2D eigenvalue weighted by molar-refractivity contribution is 9.11. The van der Waals surface area contributed by atoms with Crippen LogP contribution >= 0.6 is 31.9 Å². The summed E-state index contributed by atoms with van der Waals surface area (Å²) in [6.45, 7) is 5.76. The summed E-state index contributed by atoms with van der Waals surface area (Å²) in [5, 5.41) is 7.46. The van der Waals surface area contributed by atoms with Gasteiger partial charge in [-0.3, -0.25) is 4.79 Å². The molecule has 1 heterocycles. The monoisotopic (exact) mass is 491 g/mol. The van der Waals surface area contributed by atoms with Crippen LogP contribution in [0.3, 0.4) is 0 Å². The van der Waals surface area contributed by atoms with E-state index in [0.29, 0.717) is 11.4 Å². The molecule has 3 rings (SSSR count). The number of rotatable bonds is 5. The molecule has 0 unspecified atom stereocenters. The number of nitrogens with zero attached hydrogens (tertiary/aromatic N) is 2. The molecule has 0 saturated heterocycles. The maximum Gasteiger partial charge on any atom is 0.262 e. The fourth-order valence-electron chi connectivity index (χ4n) is 2.67. The number of aromatic nitrogens is 2. The zero-order valence-electron chi connectivity index (χ0n) is 15.2. The van der Waals surface area contributed by atoms with Crippen molar-refractivity contribution < 1.29 is 9.53 Å². The highest BCUT2D eigenvalue weighted by Crippen LogP contribution is 2.28. The Bertz CT molecular complexity index is 982. The van der Waals surface area contributed by atoms with Gasteiger partial charge >= 0.3 is 0 Å². The van der Waals surface area contributed by atoms with Gasteiger partial charge in [0.25, 0.3) is 5.91 Å². The van der Waals surface area contributed by atoms with Crippen LogP contribution in [0.4, 0.5) is 5.69 Å². The summed E-state index contributed by atoms with van der Waals surface area (Å²) in [5.74, 6) is 0.372. The van der Waals surface area contributed by atoms with E-state index in [1.54, 1.807) is 6.07 Å². The number of aryl methyl sites for hydroxylation is 2. The summed E-state index contributed by atoms with van der Waals surface area (Å²) in [5.41, 5.74) is 4.47. The topological polar surface area (TPSA) is 56.2 Å². The van der Waals surface area contributed by atoms with Crippen molar-refractivity contribution >= 4 is 43.5 Å². The highest BCUT2D eigenvalue weighted by Gasteiger charge is 2.16. The molecule has 5 nitrogen and oxygen atoms in total. The zero-order valence-corrected chi connectivity index (χ0v) is 18.4. The maximum absolute atomic E-state index is 12.4. The van der Waals surface area contributed by atoms with E-state index in [2.05, 4.69) is 42.3 Å². The molecule has 0 radical (unpaired) electrons. The van der Waals surface area contributed by atoms with Crippen LogP contribution in [-0.4, -0.2) is 22.3 Å². The lowest BCUT2D eigenvalue weighted by Crippen LogP contribution is -2.21. The molecule has 27 heavy (non-hydrogen) atoms. The number of ether oxygens (including phenoxy) is 1. The van der Waals surface area contributed by atoms with Crippen LogP contribution in [0.5, 0.6) is 5.75 Å². The van der Waals surface area contributed by atoms with Crippen molar-refractivity contribution in [2.24, 2.45) is 0 Å². The number of halogens is 2.